The Bertz CT molecular complexity index is 784. The molecule has 0 bridgehead atoms. The van der Waals surface area contributed by atoms with Crippen molar-refractivity contribution >= 4 is 17.6 Å². The quantitative estimate of drug-likeness (QED) is 0.597. The zero-order valence-electron chi connectivity index (χ0n) is 16.2. The van der Waals surface area contributed by atoms with Gasteiger partial charge in [0.2, 0.25) is 0 Å². The third kappa shape index (κ3) is 4.74. The minimum absolute atomic E-state index is 0.342. The molecule has 146 valence electrons. The second-order valence-corrected chi connectivity index (χ2v) is 8.73. The lowest BCUT2D eigenvalue weighted by Gasteiger charge is -2.32. The molecule has 2 aromatic rings. The van der Waals surface area contributed by atoms with Gasteiger partial charge in [0.05, 0.1) is 12.0 Å². The molecule has 3 N–H and O–H groups in total. The number of carboxylic acid groups (broad SMARTS) is 1. The number of aliphatic carboxylic acids is 1. The molecule has 0 amide bonds. The van der Waals surface area contributed by atoms with Gasteiger partial charge in [0, 0.05) is 40.9 Å². The summed E-state index contributed by atoms with van der Waals surface area (Å²) in [6.07, 6.45) is 6.75. The summed E-state index contributed by atoms with van der Waals surface area (Å²) in [6.45, 7) is 5.72. The molecule has 27 heavy (non-hydrogen) atoms. The van der Waals surface area contributed by atoms with Gasteiger partial charge in [-0.1, -0.05) is 36.2 Å². The molecule has 0 spiro atoms. The van der Waals surface area contributed by atoms with E-state index in [1.54, 1.807) is 4.90 Å². The molecular formula is C22H30ClN2O2+. The summed E-state index contributed by atoms with van der Waals surface area (Å²) in [6, 6.07) is 10.7. The third-order valence-electron chi connectivity index (χ3n) is 5.94. The number of hydrogen-bond donors (Lipinski definition) is 3. The van der Waals surface area contributed by atoms with Gasteiger partial charge in [-0.3, -0.25) is 4.79 Å². The Balaban J connectivity index is 1.70. The number of halogens is 1. The molecule has 1 aromatic heterocycles. The van der Waals surface area contributed by atoms with Crippen molar-refractivity contribution < 1.29 is 14.8 Å². The van der Waals surface area contributed by atoms with E-state index in [9.17, 15) is 9.90 Å². The van der Waals surface area contributed by atoms with E-state index in [1.165, 1.54) is 16.8 Å². The normalized spacial score (nSPS) is 18.1. The van der Waals surface area contributed by atoms with Crippen LogP contribution >= 0.6 is 11.6 Å². The van der Waals surface area contributed by atoms with Gasteiger partial charge < -0.3 is 15.0 Å². The summed E-state index contributed by atoms with van der Waals surface area (Å²) >= 11 is 6.55. The highest BCUT2D eigenvalue weighted by Crippen LogP contribution is 2.28. The second kappa shape index (κ2) is 8.49. The van der Waals surface area contributed by atoms with Crippen LogP contribution in [0.5, 0.6) is 0 Å². The van der Waals surface area contributed by atoms with Crippen molar-refractivity contribution in [3.8, 4) is 0 Å². The highest BCUT2D eigenvalue weighted by Gasteiger charge is 2.31. The topological polar surface area (TPSA) is 57.5 Å². The Morgan fingerprint density at radius 2 is 2.07 bits per heavy atom. The number of aromatic nitrogens is 1. The molecule has 3 rings (SSSR count). The minimum atomic E-state index is -0.716. The van der Waals surface area contributed by atoms with Gasteiger partial charge in [0.1, 0.15) is 12.6 Å². The Labute approximate surface area is 166 Å². The number of carbonyl (C=O) groups is 1. The SMILES string of the molecule is CC(C)(CCCCC(c1ccccc1Cl)[NH+]1CCc2[nH]ccc2C1)C(=O)O. The molecular weight excluding hydrogens is 360 g/mol. The summed E-state index contributed by atoms with van der Waals surface area (Å²) in [7, 11) is 0. The molecule has 2 atom stereocenters. The second-order valence-electron chi connectivity index (χ2n) is 8.33. The average Bonchev–Trinajstić information content (AvgIpc) is 3.10. The van der Waals surface area contributed by atoms with E-state index < -0.39 is 11.4 Å². The fraction of sp³-hybridized carbons (Fsp3) is 0.500. The number of carboxylic acids is 1. The van der Waals surface area contributed by atoms with Gasteiger partial charge in [0.25, 0.3) is 0 Å². The minimum Gasteiger partial charge on any atom is -0.481 e. The molecule has 0 saturated heterocycles. The van der Waals surface area contributed by atoms with E-state index in [4.69, 9.17) is 11.6 Å². The van der Waals surface area contributed by atoms with Crippen LogP contribution in [-0.4, -0.2) is 22.6 Å². The molecule has 5 heteroatoms. The number of nitrogens with one attached hydrogen (secondary N) is 2. The molecule has 1 aliphatic rings. The van der Waals surface area contributed by atoms with Crippen LogP contribution in [-0.2, 0) is 17.8 Å². The summed E-state index contributed by atoms with van der Waals surface area (Å²) in [5.41, 5.74) is 3.32. The zero-order chi connectivity index (χ0) is 19.4. The first-order valence-corrected chi connectivity index (χ1v) is 10.2. The van der Waals surface area contributed by atoms with Gasteiger partial charge in [-0.25, -0.2) is 0 Å². The average molecular weight is 390 g/mol. The Kier molecular flexibility index (Phi) is 6.28. The number of benzene rings is 1. The fourth-order valence-electron chi connectivity index (χ4n) is 4.11. The lowest BCUT2D eigenvalue weighted by Crippen LogP contribution is -3.12. The molecule has 1 aromatic carbocycles. The van der Waals surface area contributed by atoms with E-state index in [0.29, 0.717) is 12.5 Å². The molecule has 1 aliphatic heterocycles. The van der Waals surface area contributed by atoms with Crippen molar-refractivity contribution in [3.05, 3.63) is 58.4 Å². The number of unbranched alkanes of at least 4 members (excludes halogenated alkanes) is 1. The first-order chi connectivity index (χ1) is 12.9. The van der Waals surface area contributed by atoms with Crippen molar-refractivity contribution in [1.29, 1.82) is 0 Å². The van der Waals surface area contributed by atoms with E-state index >= 15 is 0 Å². The van der Waals surface area contributed by atoms with Crippen LogP contribution in [0, 0.1) is 5.41 Å². The predicted octanol–water partition coefficient (Wildman–Crippen LogP) is 4.02. The van der Waals surface area contributed by atoms with Gasteiger partial charge >= 0.3 is 5.97 Å². The van der Waals surface area contributed by atoms with Crippen LogP contribution < -0.4 is 4.90 Å². The predicted molar refractivity (Wildman–Crippen MR) is 108 cm³/mol. The third-order valence-corrected chi connectivity index (χ3v) is 6.28. The number of quaternary nitrogens is 1. The van der Waals surface area contributed by atoms with E-state index in [-0.39, 0.29) is 0 Å². The van der Waals surface area contributed by atoms with Crippen molar-refractivity contribution in [2.24, 2.45) is 5.41 Å². The van der Waals surface area contributed by atoms with Crippen molar-refractivity contribution in [2.75, 3.05) is 6.54 Å². The van der Waals surface area contributed by atoms with Crippen molar-refractivity contribution in [1.82, 2.24) is 4.98 Å². The van der Waals surface area contributed by atoms with Gasteiger partial charge in [-0.05, 0) is 38.8 Å². The highest BCUT2D eigenvalue weighted by atomic mass is 35.5. The number of rotatable bonds is 8. The molecule has 0 saturated carbocycles. The monoisotopic (exact) mass is 389 g/mol. The summed E-state index contributed by atoms with van der Waals surface area (Å²) in [4.78, 5) is 16.2. The van der Waals surface area contributed by atoms with Crippen LogP contribution in [0.2, 0.25) is 5.02 Å². The summed E-state index contributed by atoms with van der Waals surface area (Å²) in [5.74, 6) is -0.716. The van der Waals surface area contributed by atoms with Gasteiger partial charge in [-0.2, -0.15) is 0 Å². The van der Waals surface area contributed by atoms with Crippen LogP contribution in [0.15, 0.2) is 36.5 Å². The highest BCUT2D eigenvalue weighted by molar-refractivity contribution is 6.31. The van der Waals surface area contributed by atoms with E-state index in [1.807, 2.05) is 32.2 Å². The smallest absolute Gasteiger partial charge is 0.309 e. The first-order valence-electron chi connectivity index (χ1n) is 9.86. The van der Waals surface area contributed by atoms with Crippen LogP contribution in [0.1, 0.15) is 62.4 Å². The van der Waals surface area contributed by atoms with E-state index in [0.717, 1.165) is 43.8 Å². The Hall–Kier alpha value is -1.78. The number of fused-ring (bicyclic) bond motifs is 1. The van der Waals surface area contributed by atoms with E-state index in [2.05, 4.69) is 23.2 Å². The summed E-state index contributed by atoms with van der Waals surface area (Å²) in [5, 5.41) is 10.2. The lowest BCUT2D eigenvalue weighted by atomic mass is 9.86. The molecule has 2 unspecified atom stereocenters. The van der Waals surface area contributed by atoms with Crippen molar-refractivity contribution in [2.45, 2.75) is 58.5 Å². The Morgan fingerprint density at radius 1 is 1.30 bits per heavy atom. The van der Waals surface area contributed by atoms with Crippen LogP contribution in [0.25, 0.3) is 0 Å². The van der Waals surface area contributed by atoms with Gasteiger partial charge in [0.15, 0.2) is 0 Å². The molecule has 0 aliphatic carbocycles. The maximum Gasteiger partial charge on any atom is 0.309 e. The molecule has 0 radical (unpaired) electrons. The van der Waals surface area contributed by atoms with Gasteiger partial charge in [-0.15, -0.1) is 0 Å². The zero-order valence-corrected chi connectivity index (χ0v) is 17.0. The maximum absolute atomic E-state index is 11.3. The lowest BCUT2D eigenvalue weighted by molar-refractivity contribution is -0.947. The number of H-pyrrole nitrogens is 1. The number of hydrogen-bond acceptors (Lipinski definition) is 1. The number of aromatic amines is 1. The van der Waals surface area contributed by atoms with Crippen LogP contribution in [0.4, 0.5) is 0 Å². The first kappa shape index (κ1) is 20.0. The Morgan fingerprint density at radius 3 is 2.81 bits per heavy atom. The van der Waals surface area contributed by atoms with Crippen molar-refractivity contribution in [3.63, 3.8) is 0 Å². The molecule has 0 fully saturated rings. The maximum atomic E-state index is 11.3. The summed E-state index contributed by atoms with van der Waals surface area (Å²) < 4.78 is 0. The standard InChI is InChI=1S/C22H29ClN2O2/c1-22(2,21(26)27)12-6-5-9-20(17-7-3-4-8-18(17)23)25-14-11-19-16(15-25)10-13-24-19/h3-4,7-8,10,13,20,24H,5-6,9,11-12,14-15H2,1-2H3,(H,26,27)/p+1. The van der Waals surface area contributed by atoms with Crippen LogP contribution in [0.3, 0.4) is 0 Å². The molecule has 4 nitrogen and oxygen atoms in total. The fourth-order valence-corrected chi connectivity index (χ4v) is 4.38. The molecule has 2 heterocycles. The largest absolute Gasteiger partial charge is 0.481 e.